The van der Waals surface area contributed by atoms with Gasteiger partial charge in [0.2, 0.25) is 0 Å². The minimum atomic E-state index is -0.816. The molecule has 5 nitrogen and oxygen atoms in total. The monoisotopic (exact) mass is 330 g/mol. The molecule has 0 spiro atoms. The van der Waals surface area contributed by atoms with Crippen molar-refractivity contribution in [2.45, 2.75) is 19.8 Å². The Labute approximate surface area is 132 Å². The zero-order chi connectivity index (χ0) is 15.6. The number of likely N-dealkylation sites (tertiary alicyclic amines) is 1. The Bertz CT molecular complexity index is 569. The van der Waals surface area contributed by atoms with Gasteiger partial charge in [0, 0.05) is 18.1 Å². The maximum atomic E-state index is 12.2. The summed E-state index contributed by atoms with van der Waals surface area (Å²) in [4.78, 5) is 24.9. The first kappa shape index (κ1) is 15.9. The SMILES string of the molecule is CC1(C(=O)O)CCN(C(=O)Nc2ccc(Cl)cc2Cl)CC1. The molecular weight excluding hydrogens is 315 g/mol. The molecule has 0 atom stereocenters. The summed E-state index contributed by atoms with van der Waals surface area (Å²) in [6.07, 6.45) is 0.869. The lowest BCUT2D eigenvalue weighted by molar-refractivity contribution is -0.150. The lowest BCUT2D eigenvalue weighted by atomic mass is 9.80. The highest BCUT2D eigenvalue weighted by Gasteiger charge is 2.38. The van der Waals surface area contributed by atoms with Crippen LogP contribution >= 0.6 is 23.2 Å². The van der Waals surface area contributed by atoms with Crippen LogP contribution in [0.4, 0.5) is 10.5 Å². The number of aliphatic carboxylic acids is 1. The summed E-state index contributed by atoms with van der Waals surface area (Å²) in [5.41, 5.74) is -0.271. The second-order valence-electron chi connectivity index (χ2n) is 5.41. The highest BCUT2D eigenvalue weighted by molar-refractivity contribution is 6.36. The first-order chi connectivity index (χ1) is 9.82. The van der Waals surface area contributed by atoms with E-state index in [-0.39, 0.29) is 6.03 Å². The summed E-state index contributed by atoms with van der Waals surface area (Å²) in [6.45, 7) is 2.51. The van der Waals surface area contributed by atoms with Crippen molar-refractivity contribution in [3.63, 3.8) is 0 Å². The molecule has 0 aromatic heterocycles. The number of nitrogens with one attached hydrogen (secondary N) is 1. The Kier molecular flexibility index (Phi) is 4.64. The zero-order valence-corrected chi connectivity index (χ0v) is 13.0. The van der Waals surface area contributed by atoms with E-state index in [1.54, 1.807) is 30.0 Å². The highest BCUT2D eigenvalue weighted by atomic mass is 35.5. The Morgan fingerprint density at radius 3 is 2.43 bits per heavy atom. The largest absolute Gasteiger partial charge is 0.481 e. The van der Waals surface area contributed by atoms with Crippen molar-refractivity contribution in [1.82, 2.24) is 4.90 Å². The number of amides is 2. The summed E-state index contributed by atoms with van der Waals surface area (Å²) in [5.74, 6) is -0.816. The van der Waals surface area contributed by atoms with Crippen molar-refractivity contribution < 1.29 is 14.7 Å². The molecule has 0 radical (unpaired) electrons. The van der Waals surface area contributed by atoms with Crippen molar-refractivity contribution >= 4 is 40.9 Å². The van der Waals surface area contributed by atoms with Crippen molar-refractivity contribution in [2.75, 3.05) is 18.4 Å². The minimum Gasteiger partial charge on any atom is -0.481 e. The molecule has 1 fully saturated rings. The molecule has 2 N–H and O–H groups in total. The summed E-state index contributed by atoms with van der Waals surface area (Å²) in [6, 6.07) is 4.54. The number of piperidine rings is 1. The van der Waals surface area contributed by atoms with Crippen LogP contribution in [0, 0.1) is 5.41 Å². The number of rotatable bonds is 2. The van der Waals surface area contributed by atoms with Gasteiger partial charge in [-0.2, -0.15) is 0 Å². The molecule has 2 amide bonds. The van der Waals surface area contributed by atoms with E-state index < -0.39 is 11.4 Å². The second-order valence-corrected chi connectivity index (χ2v) is 6.25. The molecule has 21 heavy (non-hydrogen) atoms. The van der Waals surface area contributed by atoms with Crippen LogP contribution in [0.5, 0.6) is 0 Å². The Balaban J connectivity index is 1.98. The van der Waals surface area contributed by atoms with Crippen LogP contribution in [-0.2, 0) is 4.79 Å². The number of carboxylic acids is 1. The number of hydrogen-bond acceptors (Lipinski definition) is 2. The van der Waals surface area contributed by atoms with Crippen LogP contribution in [-0.4, -0.2) is 35.1 Å². The predicted octanol–water partition coefficient (Wildman–Crippen LogP) is 3.71. The summed E-state index contributed by atoms with van der Waals surface area (Å²) in [7, 11) is 0. The number of halogens is 2. The van der Waals surface area contributed by atoms with Gasteiger partial charge in [-0.1, -0.05) is 23.2 Å². The van der Waals surface area contributed by atoms with Gasteiger partial charge in [0.05, 0.1) is 16.1 Å². The third kappa shape index (κ3) is 3.60. The van der Waals surface area contributed by atoms with E-state index in [0.717, 1.165) is 0 Å². The maximum Gasteiger partial charge on any atom is 0.321 e. The number of benzene rings is 1. The fourth-order valence-electron chi connectivity index (χ4n) is 2.20. The lowest BCUT2D eigenvalue weighted by Gasteiger charge is -2.36. The van der Waals surface area contributed by atoms with E-state index in [1.807, 2.05) is 0 Å². The fraction of sp³-hybridized carbons (Fsp3) is 0.429. The first-order valence-corrected chi connectivity index (χ1v) is 7.32. The molecule has 1 aromatic carbocycles. The molecule has 2 rings (SSSR count). The van der Waals surface area contributed by atoms with Gasteiger partial charge in [-0.15, -0.1) is 0 Å². The van der Waals surface area contributed by atoms with Gasteiger partial charge in [0.15, 0.2) is 0 Å². The van der Waals surface area contributed by atoms with Gasteiger partial charge in [0.25, 0.3) is 0 Å². The molecule has 1 aliphatic rings. The molecule has 1 heterocycles. The van der Waals surface area contributed by atoms with Crippen LogP contribution in [0.3, 0.4) is 0 Å². The molecule has 114 valence electrons. The van der Waals surface area contributed by atoms with Crippen molar-refractivity contribution in [1.29, 1.82) is 0 Å². The van der Waals surface area contributed by atoms with Crippen LogP contribution in [0.1, 0.15) is 19.8 Å². The third-order valence-electron chi connectivity index (χ3n) is 3.84. The van der Waals surface area contributed by atoms with Gasteiger partial charge in [-0.05, 0) is 38.0 Å². The molecule has 1 saturated heterocycles. The average molecular weight is 331 g/mol. The van der Waals surface area contributed by atoms with Gasteiger partial charge in [-0.3, -0.25) is 4.79 Å². The lowest BCUT2D eigenvalue weighted by Crippen LogP contribution is -2.46. The Hall–Kier alpha value is -1.46. The standard InChI is InChI=1S/C14H16Cl2N2O3/c1-14(12(19)20)4-6-18(7-5-14)13(21)17-11-3-2-9(15)8-10(11)16/h2-3,8H,4-7H2,1H3,(H,17,21)(H,19,20). The van der Waals surface area contributed by atoms with E-state index in [4.69, 9.17) is 23.2 Å². The summed E-state index contributed by atoms with van der Waals surface area (Å²) in [5, 5.41) is 12.7. The van der Waals surface area contributed by atoms with E-state index in [0.29, 0.717) is 41.7 Å². The number of nitrogens with zero attached hydrogens (tertiary/aromatic N) is 1. The summed E-state index contributed by atoms with van der Waals surface area (Å²) < 4.78 is 0. The maximum absolute atomic E-state index is 12.2. The average Bonchev–Trinajstić information content (AvgIpc) is 2.42. The fourth-order valence-corrected chi connectivity index (χ4v) is 2.66. The van der Waals surface area contributed by atoms with E-state index in [1.165, 1.54) is 0 Å². The van der Waals surface area contributed by atoms with Crippen LogP contribution in [0.2, 0.25) is 10.0 Å². The predicted molar refractivity (Wildman–Crippen MR) is 82.0 cm³/mol. The number of urea groups is 1. The number of carbonyl (C=O) groups excluding carboxylic acids is 1. The number of anilines is 1. The number of carboxylic acid groups (broad SMARTS) is 1. The Morgan fingerprint density at radius 2 is 1.90 bits per heavy atom. The molecule has 1 aromatic rings. The first-order valence-electron chi connectivity index (χ1n) is 6.56. The van der Waals surface area contributed by atoms with Crippen molar-refractivity contribution in [3.05, 3.63) is 28.2 Å². The number of hydrogen-bond donors (Lipinski definition) is 2. The van der Waals surface area contributed by atoms with Gasteiger partial charge >= 0.3 is 12.0 Å². The topological polar surface area (TPSA) is 69.6 Å². The zero-order valence-electron chi connectivity index (χ0n) is 11.5. The van der Waals surface area contributed by atoms with E-state index >= 15 is 0 Å². The summed E-state index contributed by atoms with van der Waals surface area (Å²) >= 11 is 11.8. The van der Waals surface area contributed by atoms with Gasteiger partial charge in [-0.25, -0.2) is 4.79 Å². The third-order valence-corrected chi connectivity index (χ3v) is 4.39. The smallest absolute Gasteiger partial charge is 0.321 e. The van der Waals surface area contributed by atoms with Gasteiger partial charge < -0.3 is 15.3 Å². The van der Waals surface area contributed by atoms with Crippen molar-refractivity contribution in [2.24, 2.45) is 5.41 Å². The van der Waals surface area contributed by atoms with Crippen LogP contribution < -0.4 is 5.32 Å². The second kappa shape index (κ2) is 6.12. The molecule has 0 bridgehead atoms. The molecule has 0 unspecified atom stereocenters. The van der Waals surface area contributed by atoms with Crippen LogP contribution in [0.15, 0.2) is 18.2 Å². The minimum absolute atomic E-state index is 0.285. The van der Waals surface area contributed by atoms with E-state index in [2.05, 4.69) is 5.32 Å². The molecule has 0 aliphatic carbocycles. The van der Waals surface area contributed by atoms with Crippen molar-refractivity contribution in [3.8, 4) is 0 Å². The molecule has 0 saturated carbocycles. The number of carbonyl (C=O) groups is 2. The molecular formula is C14H16Cl2N2O3. The quantitative estimate of drug-likeness (QED) is 0.868. The molecule has 7 heteroatoms. The van der Waals surface area contributed by atoms with Gasteiger partial charge in [0.1, 0.15) is 0 Å². The van der Waals surface area contributed by atoms with Crippen LogP contribution in [0.25, 0.3) is 0 Å². The van der Waals surface area contributed by atoms with E-state index in [9.17, 15) is 14.7 Å². The highest BCUT2D eigenvalue weighted by Crippen LogP contribution is 2.32. The Morgan fingerprint density at radius 1 is 1.29 bits per heavy atom. The molecule has 1 aliphatic heterocycles. The normalized spacial score (nSPS) is 17.4.